The molecule has 2 fully saturated rings. The smallest absolute Gasteiger partial charge is 0.316 e. The standard InChI is InChI=1S/C15H17N5O5S2/c1-2-3-15(13(23)24)5-20-11(22)9(12(20)27-6-15)18-10(21)8(19-25)7-4-26-14(16)17-7/h2-4,9,12,25H,5-6H2,1H3,(H2,16,17)(H,18,21)(H,23,24)/t9?,12-,15?/m1/s1. The van der Waals surface area contributed by atoms with Gasteiger partial charge in [0.15, 0.2) is 10.8 Å². The van der Waals surface area contributed by atoms with Gasteiger partial charge in [0.25, 0.3) is 5.91 Å². The first-order chi connectivity index (χ1) is 12.8. The predicted octanol–water partition coefficient (Wildman–Crippen LogP) is -0.0494. The number of carboxylic acids is 1. The van der Waals surface area contributed by atoms with Gasteiger partial charge in [-0.05, 0) is 6.92 Å². The Morgan fingerprint density at radius 3 is 2.85 bits per heavy atom. The lowest BCUT2D eigenvalue weighted by atomic mass is 9.86. The average molecular weight is 411 g/mol. The van der Waals surface area contributed by atoms with Crippen molar-refractivity contribution >= 4 is 51.7 Å². The van der Waals surface area contributed by atoms with Crippen molar-refractivity contribution in [2.45, 2.75) is 18.3 Å². The van der Waals surface area contributed by atoms with Gasteiger partial charge in [-0.15, -0.1) is 23.1 Å². The van der Waals surface area contributed by atoms with Crippen molar-refractivity contribution < 1.29 is 24.7 Å². The third kappa shape index (κ3) is 3.25. The zero-order valence-corrected chi connectivity index (χ0v) is 15.8. The summed E-state index contributed by atoms with van der Waals surface area (Å²) in [6, 6.07) is -0.826. The van der Waals surface area contributed by atoms with E-state index in [1.54, 1.807) is 19.1 Å². The van der Waals surface area contributed by atoms with E-state index in [2.05, 4.69) is 15.5 Å². The SMILES string of the molecule is CC=CC1(C(=O)O)CS[C@@H]2C(NC(=O)C(=NO)c3csc(N)n3)C(=O)N2C1. The molecular weight excluding hydrogens is 394 g/mol. The highest BCUT2D eigenvalue weighted by Crippen LogP contribution is 2.43. The number of anilines is 1. The highest BCUT2D eigenvalue weighted by molar-refractivity contribution is 8.00. The monoisotopic (exact) mass is 411 g/mol. The minimum atomic E-state index is -1.14. The van der Waals surface area contributed by atoms with Gasteiger partial charge in [-0.1, -0.05) is 17.3 Å². The molecule has 5 N–H and O–H groups in total. The molecule has 2 amide bonds. The van der Waals surface area contributed by atoms with Gasteiger partial charge in [-0.3, -0.25) is 14.4 Å². The molecule has 1 aromatic rings. The topological polar surface area (TPSA) is 158 Å². The van der Waals surface area contributed by atoms with Gasteiger partial charge in [0.05, 0.1) is 0 Å². The highest BCUT2D eigenvalue weighted by Gasteiger charge is 2.56. The molecule has 0 aliphatic carbocycles. The zero-order chi connectivity index (χ0) is 19.8. The Bertz CT molecular complexity index is 853. The third-order valence-electron chi connectivity index (χ3n) is 4.38. The van der Waals surface area contributed by atoms with Crippen LogP contribution in [-0.2, 0) is 14.4 Å². The molecule has 144 valence electrons. The van der Waals surface area contributed by atoms with Crippen LogP contribution >= 0.6 is 23.1 Å². The summed E-state index contributed by atoms with van der Waals surface area (Å²) in [5, 5.41) is 25.5. The Morgan fingerprint density at radius 1 is 1.56 bits per heavy atom. The molecule has 3 rings (SSSR count). The number of aliphatic carboxylic acids is 1. The number of aromatic nitrogens is 1. The molecular formula is C15H17N5O5S2. The quantitative estimate of drug-likeness (QED) is 0.173. The summed E-state index contributed by atoms with van der Waals surface area (Å²) >= 11 is 2.37. The van der Waals surface area contributed by atoms with Crippen molar-refractivity contribution in [3.05, 3.63) is 23.2 Å². The van der Waals surface area contributed by atoms with Crippen LogP contribution in [0.1, 0.15) is 12.6 Å². The fourth-order valence-corrected chi connectivity index (χ4v) is 5.10. The van der Waals surface area contributed by atoms with Crippen LogP contribution in [0.5, 0.6) is 0 Å². The molecule has 2 saturated heterocycles. The molecule has 3 atom stereocenters. The Labute approximate surface area is 162 Å². The molecule has 2 unspecified atom stereocenters. The van der Waals surface area contributed by atoms with E-state index in [4.69, 9.17) is 10.9 Å². The molecule has 2 aliphatic rings. The molecule has 0 bridgehead atoms. The number of rotatable bonds is 5. The number of hydrogen-bond donors (Lipinski definition) is 4. The van der Waals surface area contributed by atoms with E-state index in [1.165, 1.54) is 22.0 Å². The Morgan fingerprint density at radius 2 is 2.30 bits per heavy atom. The van der Waals surface area contributed by atoms with E-state index in [-0.39, 0.29) is 40.1 Å². The number of carbonyl (C=O) groups excluding carboxylic acids is 2. The number of amides is 2. The van der Waals surface area contributed by atoms with Gasteiger partial charge in [0, 0.05) is 17.7 Å². The number of allylic oxidation sites excluding steroid dienone is 1. The number of fused-ring (bicyclic) bond motifs is 1. The fourth-order valence-electron chi connectivity index (χ4n) is 3.03. The van der Waals surface area contributed by atoms with Crippen LogP contribution < -0.4 is 11.1 Å². The van der Waals surface area contributed by atoms with Gasteiger partial charge in [0.1, 0.15) is 22.5 Å². The molecule has 0 aromatic carbocycles. The molecule has 0 radical (unpaired) electrons. The van der Waals surface area contributed by atoms with E-state index >= 15 is 0 Å². The number of carboxylic acid groups (broad SMARTS) is 1. The first kappa shape index (κ1) is 19.2. The number of carbonyl (C=O) groups is 3. The fraction of sp³-hybridized carbons (Fsp3) is 0.400. The molecule has 27 heavy (non-hydrogen) atoms. The second kappa shape index (κ2) is 7.19. The number of nitrogens with two attached hydrogens (primary N) is 1. The van der Waals surface area contributed by atoms with Gasteiger partial charge < -0.3 is 26.3 Å². The number of hydrogen-bond acceptors (Lipinski definition) is 9. The second-order valence-electron chi connectivity index (χ2n) is 6.10. The van der Waals surface area contributed by atoms with Crippen LogP contribution in [0.25, 0.3) is 0 Å². The van der Waals surface area contributed by atoms with Crippen LogP contribution in [0, 0.1) is 5.41 Å². The number of nitrogen functional groups attached to an aromatic ring is 1. The van der Waals surface area contributed by atoms with E-state index < -0.39 is 23.3 Å². The maximum Gasteiger partial charge on any atom is 0.316 e. The van der Waals surface area contributed by atoms with Gasteiger partial charge in [-0.2, -0.15) is 0 Å². The summed E-state index contributed by atoms with van der Waals surface area (Å²) in [5.74, 6) is -1.87. The summed E-state index contributed by atoms with van der Waals surface area (Å²) in [5.41, 5.74) is 4.14. The number of oxime groups is 1. The van der Waals surface area contributed by atoms with Crippen molar-refractivity contribution in [3.63, 3.8) is 0 Å². The second-order valence-corrected chi connectivity index (χ2v) is 8.09. The van der Waals surface area contributed by atoms with E-state index in [0.717, 1.165) is 11.3 Å². The number of nitrogens with one attached hydrogen (secondary N) is 1. The largest absolute Gasteiger partial charge is 0.481 e. The first-order valence-electron chi connectivity index (χ1n) is 7.86. The van der Waals surface area contributed by atoms with Crippen molar-refractivity contribution in [2.75, 3.05) is 18.0 Å². The average Bonchev–Trinajstić information content (AvgIpc) is 3.06. The summed E-state index contributed by atoms with van der Waals surface area (Å²) in [4.78, 5) is 41.8. The van der Waals surface area contributed by atoms with Crippen molar-refractivity contribution in [2.24, 2.45) is 10.6 Å². The van der Waals surface area contributed by atoms with Gasteiger partial charge >= 0.3 is 5.97 Å². The lowest BCUT2D eigenvalue weighted by Crippen LogP contribution is -2.73. The minimum absolute atomic E-state index is 0.0408. The normalized spacial score (nSPS) is 28.0. The van der Waals surface area contributed by atoms with Crippen LogP contribution in [-0.4, -0.2) is 67.4 Å². The summed E-state index contributed by atoms with van der Waals surface area (Å²) in [6.07, 6.45) is 3.24. The molecule has 12 heteroatoms. The first-order valence-corrected chi connectivity index (χ1v) is 9.79. The van der Waals surface area contributed by atoms with Crippen LogP contribution in [0.15, 0.2) is 22.7 Å². The lowest BCUT2D eigenvalue weighted by Gasteiger charge is -2.53. The maximum atomic E-state index is 12.4. The highest BCUT2D eigenvalue weighted by atomic mass is 32.2. The van der Waals surface area contributed by atoms with Crippen LogP contribution in [0.3, 0.4) is 0 Å². The third-order valence-corrected chi connectivity index (χ3v) is 6.61. The van der Waals surface area contributed by atoms with Gasteiger partial charge in [-0.25, -0.2) is 4.98 Å². The summed E-state index contributed by atoms with van der Waals surface area (Å²) in [7, 11) is 0. The molecule has 10 nitrogen and oxygen atoms in total. The van der Waals surface area contributed by atoms with E-state index in [1.807, 2.05) is 0 Å². The van der Waals surface area contributed by atoms with Crippen molar-refractivity contribution in [1.82, 2.24) is 15.2 Å². The number of nitrogens with zero attached hydrogens (tertiary/aromatic N) is 3. The van der Waals surface area contributed by atoms with Crippen molar-refractivity contribution in [3.8, 4) is 0 Å². The Kier molecular flexibility index (Phi) is 5.11. The summed E-state index contributed by atoms with van der Waals surface area (Å²) < 4.78 is 0. The molecule has 1 aromatic heterocycles. The lowest BCUT2D eigenvalue weighted by molar-refractivity contribution is -0.156. The van der Waals surface area contributed by atoms with Crippen LogP contribution in [0.2, 0.25) is 0 Å². The maximum absolute atomic E-state index is 12.4. The summed E-state index contributed by atoms with van der Waals surface area (Å²) in [6.45, 7) is 1.77. The number of thiazole rings is 1. The zero-order valence-electron chi connectivity index (χ0n) is 14.2. The molecule has 3 heterocycles. The Hall–Kier alpha value is -2.60. The van der Waals surface area contributed by atoms with Crippen LogP contribution in [0.4, 0.5) is 5.13 Å². The Balaban J connectivity index is 1.70. The van der Waals surface area contributed by atoms with Gasteiger partial charge in [0.2, 0.25) is 5.91 Å². The minimum Gasteiger partial charge on any atom is -0.481 e. The molecule has 2 aliphatic heterocycles. The van der Waals surface area contributed by atoms with E-state index in [9.17, 15) is 19.5 Å². The molecule has 0 spiro atoms. The van der Waals surface area contributed by atoms with E-state index in [0.29, 0.717) is 0 Å². The number of thioether (sulfide) groups is 1. The molecule has 0 saturated carbocycles. The predicted molar refractivity (Wildman–Crippen MR) is 99.6 cm³/mol. The van der Waals surface area contributed by atoms with Crippen molar-refractivity contribution in [1.29, 1.82) is 0 Å². The number of β-lactam (4-membered cyclic amide) rings is 1.